The van der Waals surface area contributed by atoms with Gasteiger partial charge in [0.05, 0.1) is 34.9 Å². The van der Waals surface area contributed by atoms with E-state index in [0.29, 0.717) is 45.9 Å². The van der Waals surface area contributed by atoms with Crippen molar-refractivity contribution in [2.75, 3.05) is 6.61 Å². The van der Waals surface area contributed by atoms with Gasteiger partial charge in [-0.25, -0.2) is 4.98 Å². The van der Waals surface area contributed by atoms with Crippen molar-refractivity contribution in [1.82, 2.24) is 19.7 Å². The Labute approximate surface area is 206 Å². The van der Waals surface area contributed by atoms with Crippen molar-refractivity contribution in [1.29, 1.82) is 0 Å². The molecule has 0 aliphatic heterocycles. The summed E-state index contributed by atoms with van der Waals surface area (Å²) in [6, 6.07) is 24.7. The van der Waals surface area contributed by atoms with Crippen LogP contribution in [0.5, 0.6) is 5.75 Å². The van der Waals surface area contributed by atoms with Gasteiger partial charge in [0.2, 0.25) is 11.7 Å². The molecule has 3 aromatic carbocycles. The number of hydrogen-bond donors (Lipinski definition) is 0. The van der Waals surface area contributed by atoms with Crippen LogP contribution in [0.3, 0.4) is 0 Å². The van der Waals surface area contributed by atoms with E-state index < -0.39 is 0 Å². The maximum Gasteiger partial charge on any atom is 0.262 e. The zero-order valence-electron chi connectivity index (χ0n) is 19.4. The fourth-order valence-corrected chi connectivity index (χ4v) is 4.84. The Balaban J connectivity index is 1.48. The second kappa shape index (κ2) is 10.1. The lowest BCUT2D eigenvalue weighted by Gasteiger charge is -2.19. The van der Waals surface area contributed by atoms with Crippen LogP contribution in [0, 0.1) is 0 Å². The Morgan fingerprint density at radius 2 is 1.71 bits per heavy atom. The molecule has 2 heterocycles. The van der Waals surface area contributed by atoms with Gasteiger partial charge < -0.3 is 9.26 Å². The van der Waals surface area contributed by atoms with Crippen LogP contribution in [0.2, 0.25) is 0 Å². The number of aromatic nitrogens is 4. The van der Waals surface area contributed by atoms with Gasteiger partial charge in [0.1, 0.15) is 5.75 Å². The van der Waals surface area contributed by atoms with E-state index in [-0.39, 0.29) is 11.6 Å². The molecule has 2 aromatic heterocycles. The van der Waals surface area contributed by atoms with E-state index in [1.54, 1.807) is 4.57 Å². The summed E-state index contributed by atoms with van der Waals surface area (Å²) in [5.74, 6) is 1.98. The molecule has 1 atom stereocenters. The minimum atomic E-state index is -0.195. The summed E-state index contributed by atoms with van der Waals surface area (Å²) in [6.07, 6.45) is 0. The largest absolute Gasteiger partial charge is 0.493 e. The molecule has 5 rings (SSSR count). The van der Waals surface area contributed by atoms with Crippen LogP contribution in [0.1, 0.15) is 31.3 Å². The van der Waals surface area contributed by atoms with E-state index in [2.05, 4.69) is 10.1 Å². The summed E-state index contributed by atoms with van der Waals surface area (Å²) in [6.45, 7) is 4.48. The van der Waals surface area contributed by atoms with Crippen LogP contribution in [0.25, 0.3) is 22.3 Å². The maximum atomic E-state index is 13.5. The second-order valence-corrected chi connectivity index (χ2v) is 8.85. The highest BCUT2D eigenvalue weighted by molar-refractivity contribution is 7.98. The van der Waals surface area contributed by atoms with E-state index in [1.165, 1.54) is 11.8 Å². The van der Waals surface area contributed by atoms with E-state index in [9.17, 15) is 4.79 Å². The average Bonchev–Trinajstić information content (AvgIpc) is 3.37. The summed E-state index contributed by atoms with van der Waals surface area (Å²) >= 11 is 1.40. The smallest absolute Gasteiger partial charge is 0.262 e. The van der Waals surface area contributed by atoms with Gasteiger partial charge in [0.25, 0.3) is 5.56 Å². The van der Waals surface area contributed by atoms with Gasteiger partial charge >= 0.3 is 0 Å². The standard InChI is InChI=1S/C27H24N4O3S/c1-3-33-23-16-10-8-14-21(23)25-29-24(34-30-25)17-35-27-28-22-15-9-7-13-20(22)26(32)31(27)18(2)19-11-5-4-6-12-19/h4-16,18H,3,17H2,1-2H3. The molecule has 1 unspecified atom stereocenters. The molecule has 35 heavy (non-hydrogen) atoms. The lowest BCUT2D eigenvalue weighted by Crippen LogP contribution is -2.27. The fourth-order valence-electron chi connectivity index (χ4n) is 3.93. The highest BCUT2D eigenvalue weighted by Crippen LogP contribution is 2.30. The zero-order valence-corrected chi connectivity index (χ0v) is 20.2. The van der Waals surface area contributed by atoms with Crippen molar-refractivity contribution in [3.8, 4) is 17.1 Å². The van der Waals surface area contributed by atoms with Gasteiger partial charge in [-0.3, -0.25) is 9.36 Å². The molecule has 0 radical (unpaired) electrons. The Bertz CT molecular complexity index is 1510. The first kappa shape index (κ1) is 22.9. The minimum Gasteiger partial charge on any atom is -0.493 e. The SMILES string of the molecule is CCOc1ccccc1-c1noc(CSc2nc3ccccc3c(=O)n2C(C)c2ccccc2)n1. The predicted molar refractivity (Wildman–Crippen MR) is 137 cm³/mol. The lowest BCUT2D eigenvalue weighted by molar-refractivity contribution is 0.341. The molecule has 7 nitrogen and oxygen atoms in total. The zero-order chi connectivity index (χ0) is 24.2. The number of thioether (sulfide) groups is 1. The lowest BCUT2D eigenvalue weighted by atomic mass is 10.1. The van der Waals surface area contributed by atoms with E-state index in [1.807, 2.05) is 92.7 Å². The summed E-state index contributed by atoms with van der Waals surface area (Å²) in [7, 11) is 0. The third-order valence-electron chi connectivity index (χ3n) is 5.67. The van der Waals surface area contributed by atoms with Gasteiger partial charge in [0.15, 0.2) is 5.16 Å². The van der Waals surface area contributed by atoms with E-state index in [0.717, 1.165) is 11.1 Å². The number of rotatable bonds is 8. The van der Waals surface area contributed by atoms with Gasteiger partial charge in [-0.15, -0.1) is 0 Å². The highest BCUT2D eigenvalue weighted by Gasteiger charge is 2.19. The van der Waals surface area contributed by atoms with E-state index in [4.69, 9.17) is 14.2 Å². The number of benzene rings is 3. The molecule has 0 saturated carbocycles. The second-order valence-electron chi connectivity index (χ2n) is 7.90. The van der Waals surface area contributed by atoms with Crippen LogP contribution in [0.4, 0.5) is 0 Å². The van der Waals surface area contributed by atoms with Crippen molar-refractivity contribution in [3.05, 3.63) is 101 Å². The summed E-state index contributed by atoms with van der Waals surface area (Å²) in [5, 5.41) is 5.33. The Morgan fingerprint density at radius 3 is 2.54 bits per heavy atom. The van der Waals surface area contributed by atoms with Crippen LogP contribution in [-0.2, 0) is 5.75 Å². The first-order chi connectivity index (χ1) is 17.2. The van der Waals surface area contributed by atoms with Crippen molar-refractivity contribution < 1.29 is 9.26 Å². The minimum absolute atomic E-state index is 0.0775. The van der Waals surface area contributed by atoms with Crippen molar-refractivity contribution in [2.45, 2.75) is 30.8 Å². The Kier molecular flexibility index (Phi) is 6.63. The van der Waals surface area contributed by atoms with Crippen molar-refractivity contribution in [2.24, 2.45) is 0 Å². The topological polar surface area (TPSA) is 83.0 Å². The number of hydrogen-bond acceptors (Lipinski definition) is 7. The average molecular weight is 485 g/mol. The normalized spacial score (nSPS) is 12.1. The van der Waals surface area contributed by atoms with Crippen LogP contribution in [0.15, 0.2) is 93.3 Å². The number of para-hydroxylation sites is 2. The highest BCUT2D eigenvalue weighted by atomic mass is 32.2. The molecule has 0 saturated heterocycles. The molecule has 0 bridgehead atoms. The van der Waals surface area contributed by atoms with Crippen molar-refractivity contribution >= 4 is 22.7 Å². The molecule has 0 amide bonds. The van der Waals surface area contributed by atoms with Crippen LogP contribution in [-0.4, -0.2) is 26.3 Å². The van der Waals surface area contributed by atoms with Crippen LogP contribution < -0.4 is 10.3 Å². The summed E-state index contributed by atoms with van der Waals surface area (Å²) in [4.78, 5) is 22.9. The molecule has 176 valence electrons. The summed E-state index contributed by atoms with van der Waals surface area (Å²) in [5.41, 5.74) is 2.38. The molecule has 0 aliphatic carbocycles. The molecule has 5 aromatic rings. The number of fused-ring (bicyclic) bond motifs is 1. The van der Waals surface area contributed by atoms with Gasteiger partial charge in [-0.05, 0) is 43.7 Å². The van der Waals surface area contributed by atoms with Gasteiger partial charge in [-0.2, -0.15) is 4.98 Å². The Morgan fingerprint density at radius 1 is 0.971 bits per heavy atom. The quantitative estimate of drug-likeness (QED) is 0.205. The van der Waals surface area contributed by atoms with Crippen molar-refractivity contribution in [3.63, 3.8) is 0 Å². The molecule has 0 aliphatic rings. The monoisotopic (exact) mass is 484 g/mol. The Hall–Kier alpha value is -3.91. The molecule has 8 heteroatoms. The third-order valence-corrected chi connectivity index (χ3v) is 6.60. The number of ether oxygens (including phenoxy) is 1. The molecular formula is C27H24N4O3S. The van der Waals surface area contributed by atoms with Gasteiger partial charge in [-0.1, -0.05) is 71.5 Å². The molecule has 0 fully saturated rings. The van der Waals surface area contributed by atoms with E-state index >= 15 is 0 Å². The third kappa shape index (κ3) is 4.70. The maximum absolute atomic E-state index is 13.5. The van der Waals surface area contributed by atoms with Crippen LogP contribution >= 0.6 is 11.8 Å². The summed E-state index contributed by atoms with van der Waals surface area (Å²) < 4.78 is 13.0. The molecule has 0 spiro atoms. The van der Waals surface area contributed by atoms with Gasteiger partial charge in [0, 0.05) is 0 Å². The fraction of sp³-hybridized carbons (Fsp3) is 0.185. The first-order valence-corrected chi connectivity index (χ1v) is 12.4. The molecule has 0 N–H and O–H groups in total. The first-order valence-electron chi connectivity index (χ1n) is 11.4. The molecular weight excluding hydrogens is 460 g/mol. The predicted octanol–water partition coefficient (Wildman–Crippen LogP) is 5.75. The number of nitrogens with zero attached hydrogens (tertiary/aromatic N) is 4.